The Bertz CT molecular complexity index is 851. The lowest BCUT2D eigenvalue weighted by Gasteiger charge is -2.39. The van der Waals surface area contributed by atoms with Crippen molar-refractivity contribution in [1.29, 1.82) is 0 Å². The molecular weight excluding hydrogens is 408 g/mol. The Labute approximate surface area is 189 Å². The van der Waals surface area contributed by atoms with Gasteiger partial charge in [0.15, 0.2) is 5.16 Å². The summed E-state index contributed by atoms with van der Waals surface area (Å²) in [6, 6.07) is 8.05. The van der Waals surface area contributed by atoms with E-state index in [0.717, 1.165) is 69.4 Å². The van der Waals surface area contributed by atoms with Crippen LogP contribution >= 0.6 is 11.8 Å². The van der Waals surface area contributed by atoms with Crippen molar-refractivity contribution in [3.05, 3.63) is 41.9 Å². The molecule has 0 saturated carbocycles. The molecule has 2 aliphatic rings. The average Bonchev–Trinajstić information content (AvgIpc) is 2.78. The lowest BCUT2D eigenvalue weighted by molar-refractivity contribution is -0.130. The summed E-state index contributed by atoms with van der Waals surface area (Å²) < 4.78 is 0. The van der Waals surface area contributed by atoms with E-state index in [-0.39, 0.29) is 5.91 Å². The molecular formula is C23H32N6OS. The minimum atomic E-state index is 0.206. The number of likely N-dealkylation sites (tertiary alicyclic amines) is 1. The fourth-order valence-electron chi connectivity index (χ4n) is 4.48. The van der Waals surface area contributed by atoms with E-state index in [4.69, 9.17) is 0 Å². The molecule has 0 aliphatic carbocycles. The normalized spacial score (nSPS) is 20.1. The van der Waals surface area contributed by atoms with Crippen LogP contribution in [0, 0.1) is 19.8 Å². The predicted molar refractivity (Wildman–Crippen MR) is 124 cm³/mol. The largest absolute Gasteiger partial charge is 0.354 e. The van der Waals surface area contributed by atoms with Gasteiger partial charge in [-0.1, -0.05) is 17.8 Å². The SMILES string of the molecule is Cc1cc(C)nc(SCC(=O)N2CCCC(CN3CCN(c4ccccn4)CC3)C2)n1. The average molecular weight is 441 g/mol. The highest BCUT2D eigenvalue weighted by Crippen LogP contribution is 2.22. The number of hydrogen-bond acceptors (Lipinski definition) is 7. The number of piperidine rings is 1. The minimum Gasteiger partial charge on any atom is -0.354 e. The van der Waals surface area contributed by atoms with Crippen LogP contribution in [0.5, 0.6) is 0 Å². The zero-order valence-electron chi connectivity index (χ0n) is 18.5. The molecule has 0 radical (unpaired) electrons. The Hall–Kier alpha value is -2.19. The van der Waals surface area contributed by atoms with E-state index in [1.807, 2.05) is 43.1 Å². The third kappa shape index (κ3) is 6.17. The van der Waals surface area contributed by atoms with Gasteiger partial charge in [-0.3, -0.25) is 9.69 Å². The van der Waals surface area contributed by atoms with Crippen LogP contribution in [0.2, 0.25) is 0 Å². The van der Waals surface area contributed by atoms with Crippen LogP contribution in [-0.4, -0.2) is 82.2 Å². The van der Waals surface area contributed by atoms with Crippen molar-refractivity contribution in [3.63, 3.8) is 0 Å². The maximum absolute atomic E-state index is 12.8. The molecule has 2 aliphatic heterocycles. The quantitative estimate of drug-likeness (QED) is 0.505. The standard InChI is InChI=1S/C23H32N6OS/c1-18-14-19(2)26-23(25-18)31-17-22(30)29-9-5-6-20(16-29)15-27-10-12-28(13-11-27)21-7-3-4-8-24-21/h3-4,7-8,14,20H,5-6,9-13,15-17H2,1-2H3. The number of piperazine rings is 1. The number of nitrogens with zero attached hydrogens (tertiary/aromatic N) is 6. The van der Waals surface area contributed by atoms with Gasteiger partial charge in [-0.25, -0.2) is 15.0 Å². The van der Waals surface area contributed by atoms with Crippen molar-refractivity contribution in [3.8, 4) is 0 Å². The van der Waals surface area contributed by atoms with Gasteiger partial charge in [-0.15, -0.1) is 0 Å². The van der Waals surface area contributed by atoms with Crippen LogP contribution in [0.1, 0.15) is 24.2 Å². The lowest BCUT2D eigenvalue weighted by Crippen LogP contribution is -2.50. The Morgan fingerprint density at radius 3 is 2.58 bits per heavy atom. The number of aryl methyl sites for hydroxylation is 2. The number of amides is 1. The summed E-state index contributed by atoms with van der Waals surface area (Å²) in [7, 11) is 0. The van der Waals surface area contributed by atoms with E-state index in [2.05, 4.69) is 30.8 Å². The molecule has 2 saturated heterocycles. The van der Waals surface area contributed by atoms with Gasteiger partial charge in [-0.05, 0) is 50.8 Å². The predicted octanol–water partition coefficient (Wildman–Crippen LogP) is 2.64. The minimum absolute atomic E-state index is 0.206. The van der Waals surface area contributed by atoms with Crippen LogP contribution in [0.3, 0.4) is 0 Å². The van der Waals surface area contributed by atoms with Gasteiger partial charge in [0.2, 0.25) is 5.91 Å². The van der Waals surface area contributed by atoms with Gasteiger partial charge in [0, 0.05) is 63.4 Å². The summed E-state index contributed by atoms with van der Waals surface area (Å²) >= 11 is 1.45. The van der Waals surface area contributed by atoms with Crippen LogP contribution in [0.15, 0.2) is 35.6 Å². The molecule has 2 fully saturated rings. The molecule has 166 valence electrons. The third-order valence-corrected chi connectivity index (χ3v) is 6.85. The molecule has 4 rings (SSSR count). The number of aromatic nitrogens is 3. The maximum atomic E-state index is 12.8. The summed E-state index contributed by atoms with van der Waals surface area (Å²) in [6.45, 7) is 10.9. The first-order valence-corrected chi connectivity index (χ1v) is 12.2. The van der Waals surface area contributed by atoms with Crippen LogP contribution in [-0.2, 0) is 4.79 Å². The van der Waals surface area contributed by atoms with Gasteiger partial charge in [0.25, 0.3) is 0 Å². The van der Waals surface area contributed by atoms with E-state index in [0.29, 0.717) is 16.8 Å². The second-order valence-corrected chi connectivity index (χ2v) is 9.49. The fraction of sp³-hybridized carbons (Fsp3) is 0.565. The zero-order valence-corrected chi connectivity index (χ0v) is 19.4. The Morgan fingerprint density at radius 1 is 1.10 bits per heavy atom. The summed E-state index contributed by atoms with van der Waals surface area (Å²) in [5.41, 5.74) is 1.90. The molecule has 0 N–H and O–H groups in total. The molecule has 2 aromatic heterocycles. The molecule has 8 heteroatoms. The first kappa shape index (κ1) is 22.0. The van der Waals surface area contributed by atoms with E-state index in [9.17, 15) is 4.79 Å². The third-order valence-electron chi connectivity index (χ3n) is 6.02. The first-order chi connectivity index (χ1) is 15.1. The van der Waals surface area contributed by atoms with Gasteiger partial charge < -0.3 is 9.80 Å². The summed E-state index contributed by atoms with van der Waals surface area (Å²) in [5.74, 6) is 2.25. The summed E-state index contributed by atoms with van der Waals surface area (Å²) in [5, 5.41) is 0.699. The number of thioether (sulfide) groups is 1. The van der Waals surface area contributed by atoms with Crippen molar-refractivity contribution in [2.45, 2.75) is 31.8 Å². The lowest BCUT2D eigenvalue weighted by atomic mass is 9.97. The molecule has 1 unspecified atom stereocenters. The number of anilines is 1. The highest BCUT2D eigenvalue weighted by molar-refractivity contribution is 7.99. The topological polar surface area (TPSA) is 65.5 Å². The molecule has 4 heterocycles. The van der Waals surface area contributed by atoms with E-state index < -0.39 is 0 Å². The second kappa shape index (κ2) is 10.4. The number of pyridine rings is 1. The van der Waals surface area contributed by atoms with E-state index >= 15 is 0 Å². The molecule has 0 aromatic carbocycles. The van der Waals surface area contributed by atoms with Gasteiger partial charge >= 0.3 is 0 Å². The number of carbonyl (C=O) groups excluding carboxylic acids is 1. The second-order valence-electron chi connectivity index (χ2n) is 8.55. The molecule has 1 amide bonds. The van der Waals surface area contributed by atoms with Crippen molar-refractivity contribution in [1.82, 2.24) is 24.8 Å². The zero-order chi connectivity index (χ0) is 21.6. The molecule has 31 heavy (non-hydrogen) atoms. The number of rotatable bonds is 6. The van der Waals surface area contributed by atoms with Crippen molar-refractivity contribution < 1.29 is 4.79 Å². The van der Waals surface area contributed by atoms with Gasteiger partial charge in [-0.2, -0.15) is 0 Å². The van der Waals surface area contributed by atoms with Crippen molar-refractivity contribution in [2.75, 3.05) is 56.5 Å². The molecule has 2 aromatic rings. The Morgan fingerprint density at radius 2 is 1.87 bits per heavy atom. The Kier molecular flexibility index (Phi) is 7.40. The van der Waals surface area contributed by atoms with Crippen LogP contribution < -0.4 is 4.90 Å². The van der Waals surface area contributed by atoms with E-state index in [1.165, 1.54) is 18.2 Å². The molecule has 1 atom stereocenters. The summed E-state index contributed by atoms with van der Waals surface area (Å²) in [4.78, 5) is 33.1. The van der Waals surface area contributed by atoms with E-state index in [1.54, 1.807) is 0 Å². The van der Waals surface area contributed by atoms with Crippen LogP contribution in [0.4, 0.5) is 5.82 Å². The van der Waals surface area contributed by atoms with Crippen molar-refractivity contribution in [2.24, 2.45) is 5.92 Å². The Balaban J connectivity index is 1.22. The smallest absolute Gasteiger partial charge is 0.233 e. The highest BCUT2D eigenvalue weighted by Gasteiger charge is 2.27. The van der Waals surface area contributed by atoms with Crippen molar-refractivity contribution >= 4 is 23.5 Å². The van der Waals surface area contributed by atoms with Gasteiger partial charge in [0.05, 0.1) is 5.75 Å². The monoisotopic (exact) mass is 440 g/mol. The summed E-state index contributed by atoms with van der Waals surface area (Å²) in [6.07, 6.45) is 4.16. The molecule has 7 nitrogen and oxygen atoms in total. The van der Waals surface area contributed by atoms with Gasteiger partial charge in [0.1, 0.15) is 5.82 Å². The highest BCUT2D eigenvalue weighted by atomic mass is 32.2. The number of carbonyl (C=O) groups is 1. The maximum Gasteiger partial charge on any atom is 0.233 e. The molecule has 0 spiro atoms. The fourth-order valence-corrected chi connectivity index (χ4v) is 5.33. The van der Waals surface area contributed by atoms with Crippen LogP contribution in [0.25, 0.3) is 0 Å². The molecule has 0 bridgehead atoms. The first-order valence-electron chi connectivity index (χ1n) is 11.2. The number of hydrogen-bond donors (Lipinski definition) is 0.